The van der Waals surface area contributed by atoms with Gasteiger partial charge < -0.3 is 5.11 Å². The topological polar surface area (TPSA) is 83.5 Å². The molecule has 0 saturated carbocycles. The van der Waals surface area contributed by atoms with Crippen LogP contribution in [0.3, 0.4) is 0 Å². The van der Waals surface area contributed by atoms with Crippen LogP contribution in [0, 0.1) is 0 Å². The lowest BCUT2D eigenvalue weighted by molar-refractivity contribution is -0.144. The molecule has 0 fully saturated rings. The molecule has 0 saturated heterocycles. The first-order chi connectivity index (χ1) is 10.4. The summed E-state index contributed by atoms with van der Waals surface area (Å²) in [7, 11) is -3.95. The van der Waals surface area contributed by atoms with Gasteiger partial charge in [0.05, 0.1) is 4.90 Å². The standard InChI is InChI=1S/C16H17NO4S/c1-2-16(15(18)19,13-9-5-3-6-10-13)17-22(20,21)14-11-7-4-8-12-14/h3-12,17H,2H2,1H3,(H,18,19). The highest BCUT2D eigenvalue weighted by Crippen LogP contribution is 2.28. The number of aliphatic carboxylic acids is 1. The van der Waals surface area contributed by atoms with Gasteiger partial charge in [-0.2, -0.15) is 4.72 Å². The van der Waals surface area contributed by atoms with E-state index in [0.717, 1.165) is 0 Å². The van der Waals surface area contributed by atoms with Crippen LogP contribution in [0.25, 0.3) is 0 Å². The lowest BCUT2D eigenvalue weighted by Gasteiger charge is -2.29. The number of hydrogen-bond acceptors (Lipinski definition) is 3. The molecular formula is C16H17NO4S. The van der Waals surface area contributed by atoms with Crippen molar-refractivity contribution in [2.45, 2.75) is 23.8 Å². The van der Waals surface area contributed by atoms with Crippen LogP contribution in [0.4, 0.5) is 0 Å². The van der Waals surface area contributed by atoms with Crippen molar-refractivity contribution in [2.75, 3.05) is 0 Å². The largest absolute Gasteiger partial charge is 0.480 e. The summed E-state index contributed by atoms with van der Waals surface area (Å²) in [4.78, 5) is 11.9. The summed E-state index contributed by atoms with van der Waals surface area (Å²) in [5, 5.41) is 9.66. The van der Waals surface area contributed by atoms with Crippen LogP contribution in [0.5, 0.6) is 0 Å². The first-order valence-electron chi connectivity index (χ1n) is 6.80. The SMILES string of the molecule is CCC(NS(=O)(=O)c1ccccc1)(C(=O)O)c1ccccc1. The maximum Gasteiger partial charge on any atom is 0.329 e. The minimum absolute atomic E-state index is 0.0324. The van der Waals surface area contributed by atoms with Crippen LogP contribution >= 0.6 is 0 Å². The highest BCUT2D eigenvalue weighted by molar-refractivity contribution is 7.89. The van der Waals surface area contributed by atoms with E-state index in [2.05, 4.69) is 4.72 Å². The Balaban J connectivity index is 2.51. The number of hydrogen-bond donors (Lipinski definition) is 2. The molecule has 2 N–H and O–H groups in total. The van der Waals surface area contributed by atoms with E-state index in [0.29, 0.717) is 5.56 Å². The zero-order chi connectivity index (χ0) is 16.2. The molecule has 1 atom stereocenters. The lowest BCUT2D eigenvalue weighted by Crippen LogP contribution is -2.51. The van der Waals surface area contributed by atoms with Crippen LogP contribution in [0.2, 0.25) is 0 Å². The fourth-order valence-electron chi connectivity index (χ4n) is 2.26. The number of sulfonamides is 1. The van der Waals surface area contributed by atoms with Gasteiger partial charge in [0.25, 0.3) is 0 Å². The molecule has 1 unspecified atom stereocenters. The van der Waals surface area contributed by atoms with Gasteiger partial charge >= 0.3 is 5.97 Å². The molecule has 0 radical (unpaired) electrons. The summed E-state index contributed by atoms with van der Waals surface area (Å²) in [5.74, 6) is -1.24. The molecule has 0 heterocycles. The average molecular weight is 319 g/mol. The average Bonchev–Trinajstić information content (AvgIpc) is 2.54. The van der Waals surface area contributed by atoms with Gasteiger partial charge in [0.15, 0.2) is 5.54 Å². The molecule has 0 aromatic heterocycles. The zero-order valence-electron chi connectivity index (χ0n) is 12.1. The maximum atomic E-state index is 12.5. The minimum Gasteiger partial charge on any atom is -0.480 e. The molecule has 0 aliphatic carbocycles. The molecule has 2 aromatic rings. The fraction of sp³-hybridized carbons (Fsp3) is 0.188. The Morgan fingerprint density at radius 1 is 1.05 bits per heavy atom. The summed E-state index contributed by atoms with van der Waals surface area (Å²) in [6.45, 7) is 1.63. The monoisotopic (exact) mass is 319 g/mol. The third-order valence-electron chi connectivity index (χ3n) is 3.52. The molecule has 2 aromatic carbocycles. The number of carboxylic acid groups (broad SMARTS) is 1. The van der Waals surface area contributed by atoms with Gasteiger partial charge in [-0.3, -0.25) is 0 Å². The van der Waals surface area contributed by atoms with Crippen LogP contribution in [0.15, 0.2) is 65.6 Å². The summed E-state index contributed by atoms with van der Waals surface area (Å²) >= 11 is 0. The van der Waals surface area contributed by atoms with Gasteiger partial charge in [-0.15, -0.1) is 0 Å². The summed E-state index contributed by atoms with van der Waals surface area (Å²) in [6, 6.07) is 16.0. The van der Waals surface area contributed by atoms with E-state index >= 15 is 0 Å². The molecule has 0 amide bonds. The molecule has 0 aliphatic rings. The van der Waals surface area contributed by atoms with Crippen molar-refractivity contribution in [2.24, 2.45) is 0 Å². The summed E-state index contributed by atoms with van der Waals surface area (Å²) < 4.78 is 27.4. The van der Waals surface area contributed by atoms with E-state index < -0.39 is 21.5 Å². The lowest BCUT2D eigenvalue weighted by atomic mass is 9.88. The molecule has 2 rings (SSSR count). The second-order valence-corrected chi connectivity index (χ2v) is 6.53. The second kappa shape index (κ2) is 6.29. The fourth-order valence-corrected chi connectivity index (χ4v) is 3.71. The first kappa shape index (κ1) is 16.2. The van der Waals surface area contributed by atoms with Gasteiger partial charge in [-0.25, -0.2) is 13.2 Å². The number of carboxylic acids is 1. The molecule has 22 heavy (non-hydrogen) atoms. The van der Waals surface area contributed by atoms with E-state index in [-0.39, 0.29) is 11.3 Å². The Bertz CT molecular complexity index is 744. The van der Waals surface area contributed by atoms with Gasteiger partial charge in [-0.05, 0) is 24.1 Å². The van der Waals surface area contributed by atoms with E-state index in [9.17, 15) is 18.3 Å². The predicted octanol–water partition coefficient (Wildman–Crippen LogP) is 2.36. The smallest absolute Gasteiger partial charge is 0.329 e. The van der Waals surface area contributed by atoms with E-state index in [1.54, 1.807) is 55.5 Å². The zero-order valence-corrected chi connectivity index (χ0v) is 12.9. The number of benzene rings is 2. The van der Waals surface area contributed by atoms with Crippen molar-refractivity contribution in [1.29, 1.82) is 0 Å². The van der Waals surface area contributed by atoms with Crippen LogP contribution < -0.4 is 4.72 Å². The molecular weight excluding hydrogens is 302 g/mol. The Kier molecular flexibility index (Phi) is 4.63. The Morgan fingerprint density at radius 2 is 1.55 bits per heavy atom. The molecule has 0 spiro atoms. The Labute approximate surface area is 129 Å². The van der Waals surface area contributed by atoms with Crippen LogP contribution in [0.1, 0.15) is 18.9 Å². The van der Waals surface area contributed by atoms with Crippen molar-refractivity contribution in [3.63, 3.8) is 0 Å². The highest BCUT2D eigenvalue weighted by Gasteiger charge is 2.42. The first-order valence-corrected chi connectivity index (χ1v) is 8.28. The van der Waals surface area contributed by atoms with E-state index in [1.165, 1.54) is 12.1 Å². The van der Waals surface area contributed by atoms with Gasteiger partial charge in [0.2, 0.25) is 10.0 Å². The summed E-state index contributed by atoms with van der Waals surface area (Å²) in [6.07, 6.45) is 0.0818. The van der Waals surface area contributed by atoms with Gasteiger partial charge in [-0.1, -0.05) is 55.5 Å². The third-order valence-corrected chi connectivity index (χ3v) is 5.03. The van der Waals surface area contributed by atoms with Crippen molar-refractivity contribution in [3.8, 4) is 0 Å². The predicted molar refractivity (Wildman–Crippen MR) is 82.8 cm³/mol. The van der Waals surface area contributed by atoms with Gasteiger partial charge in [0.1, 0.15) is 0 Å². The normalized spacial score (nSPS) is 14.2. The number of nitrogens with one attached hydrogen (secondary N) is 1. The molecule has 116 valence electrons. The third kappa shape index (κ3) is 3.03. The van der Waals surface area contributed by atoms with Crippen LogP contribution in [-0.4, -0.2) is 19.5 Å². The van der Waals surface area contributed by atoms with Crippen LogP contribution in [-0.2, 0) is 20.4 Å². The quantitative estimate of drug-likeness (QED) is 0.856. The van der Waals surface area contributed by atoms with Crippen molar-refractivity contribution in [1.82, 2.24) is 4.72 Å². The van der Waals surface area contributed by atoms with Crippen molar-refractivity contribution < 1.29 is 18.3 Å². The minimum atomic E-state index is -3.95. The Morgan fingerprint density at radius 3 is 2.00 bits per heavy atom. The molecule has 0 aliphatic heterocycles. The molecule has 6 heteroatoms. The van der Waals surface area contributed by atoms with E-state index in [4.69, 9.17) is 0 Å². The van der Waals surface area contributed by atoms with Crippen molar-refractivity contribution >= 4 is 16.0 Å². The number of rotatable bonds is 6. The molecule has 0 bridgehead atoms. The maximum absolute atomic E-state index is 12.5. The highest BCUT2D eigenvalue weighted by atomic mass is 32.2. The molecule has 5 nitrogen and oxygen atoms in total. The number of carbonyl (C=O) groups is 1. The summed E-state index contributed by atoms with van der Waals surface area (Å²) in [5.41, 5.74) is -1.31. The van der Waals surface area contributed by atoms with E-state index in [1.807, 2.05) is 0 Å². The Hall–Kier alpha value is -2.18. The second-order valence-electron chi connectivity index (χ2n) is 4.85. The van der Waals surface area contributed by atoms with Crippen molar-refractivity contribution in [3.05, 3.63) is 66.2 Å². The van der Waals surface area contributed by atoms with Gasteiger partial charge in [0, 0.05) is 0 Å².